The molecule has 0 aromatic heterocycles. The smallest absolute Gasteiger partial charge is 0.375 e. The number of carbonyl (C=O) groups is 3. The fourth-order valence-electron chi connectivity index (χ4n) is 1.14. The van der Waals surface area contributed by atoms with Gasteiger partial charge < -0.3 is 9.47 Å². The van der Waals surface area contributed by atoms with Gasteiger partial charge in [0.25, 0.3) is 0 Å². The summed E-state index contributed by atoms with van der Waals surface area (Å²) in [5.74, 6) is -2.55. The Hall–Kier alpha value is -1.10. The number of alkyl halides is 1. The SMILES string of the molecule is CCOC(=O)C(Cl)(OC(C)=O)C(=O)CC(C)C. The first-order chi connectivity index (χ1) is 7.74. The van der Waals surface area contributed by atoms with Crippen molar-refractivity contribution in [2.24, 2.45) is 5.92 Å². The molecule has 1 unspecified atom stereocenters. The van der Waals surface area contributed by atoms with E-state index in [0.717, 1.165) is 6.92 Å². The van der Waals surface area contributed by atoms with Crippen molar-refractivity contribution < 1.29 is 23.9 Å². The fraction of sp³-hybridized carbons (Fsp3) is 0.727. The summed E-state index contributed by atoms with van der Waals surface area (Å²) < 4.78 is 9.26. The number of ketones is 1. The quantitative estimate of drug-likeness (QED) is 0.415. The molecule has 0 rings (SSSR count). The third kappa shape index (κ3) is 4.73. The Morgan fingerprint density at radius 3 is 2.18 bits per heavy atom. The molecular formula is C11H17ClO5. The molecule has 0 N–H and O–H groups in total. The van der Waals surface area contributed by atoms with Crippen molar-refractivity contribution in [2.45, 2.75) is 39.2 Å². The lowest BCUT2D eigenvalue weighted by molar-refractivity contribution is -0.175. The van der Waals surface area contributed by atoms with Gasteiger partial charge in [0.05, 0.1) is 6.61 Å². The summed E-state index contributed by atoms with van der Waals surface area (Å²) >= 11 is 5.79. The van der Waals surface area contributed by atoms with Crippen LogP contribution in [0, 0.1) is 5.92 Å². The molecule has 0 spiro atoms. The molecule has 0 amide bonds. The van der Waals surface area contributed by atoms with Crippen LogP contribution in [0.15, 0.2) is 0 Å². The van der Waals surface area contributed by atoms with E-state index in [4.69, 9.17) is 11.6 Å². The first kappa shape index (κ1) is 15.9. The molecule has 5 nitrogen and oxygen atoms in total. The molecule has 17 heavy (non-hydrogen) atoms. The normalized spacial score (nSPS) is 14.0. The fourth-order valence-corrected chi connectivity index (χ4v) is 1.38. The van der Waals surface area contributed by atoms with Gasteiger partial charge in [0.2, 0.25) is 5.78 Å². The highest BCUT2D eigenvalue weighted by Gasteiger charge is 2.48. The Kier molecular flexibility index (Phi) is 6.16. The number of rotatable bonds is 6. The monoisotopic (exact) mass is 264 g/mol. The van der Waals surface area contributed by atoms with E-state index >= 15 is 0 Å². The van der Waals surface area contributed by atoms with Gasteiger partial charge >= 0.3 is 17.0 Å². The molecular weight excluding hydrogens is 248 g/mol. The molecule has 1 atom stereocenters. The van der Waals surface area contributed by atoms with Gasteiger partial charge in [-0.25, -0.2) is 4.79 Å². The summed E-state index contributed by atoms with van der Waals surface area (Å²) in [6.45, 7) is 6.25. The third-order valence-corrected chi connectivity index (χ3v) is 2.22. The number of carbonyl (C=O) groups excluding carboxylic acids is 3. The molecule has 0 aliphatic carbocycles. The minimum atomic E-state index is -2.36. The summed E-state index contributed by atoms with van der Waals surface area (Å²) in [7, 11) is 0. The van der Waals surface area contributed by atoms with Crippen LogP contribution in [0.4, 0.5) is 0 Å². The van der Waals surface area contributed by atoms with Crippen molar-refractivity contribution in [3.8, 4) is 0 Å². The number of Topliss-reactive ketones (excluding diaryl/α,β-unsaturated/α-hetero) is 1. The van der Waals surface area contributed by atoms with E-state index in [2.05, 4.69) is 9.47 Å². The van der Waals surface area contributed by atoms with Gasteiger partial charge in [-0.1, -0.05) is 25.4 Å². The summed E-state index contributed by atoms with van der Waals surface area (Å²) in [4.78, 5) is 34.3. The number of ether oxygens (including phenoxy) is 2. The first-order valence-electron chi connectivity index (χ1n) is 5.33. The van der Waals surface area contributed by atoms with Gasteiger partial charge in [-0.3, -0.25) is 9.59 Å². The van der Waals surface area contributed by atoms with E-state index in [1.54, 1.807) is 20.8 Å². The predicted molar refractivity (Wildman–Crippen MR) is 61.4 cm³/mol. The summed E-state index contributed by atoms with van der Waals surface area (Å²) in [5, 5.41) is -2.36. The molecule has 0 heterocycles. The Morgan fingerprint density at radius 1 is 1.29 bits per heavy atom. The van der Waals surface area contributed by atoms with Crippen molar-refractivity contribution in [1.29, 1.82) is 0 Å². The first-order valence-corrected chi connectivity index (χ1v) is 5.70. The van der Waals surface area contributed by atoms with Crippen LogP contribution in [0.2, 0.25) is 0 Å². The largest absolute Gasteiger partial charge is 0.462 e. The van der Waals surface area contributed by atoms with E-state index in [9.17, 15) is 14.4 Å². The van der Waals surface area contributed by atoms with Gasteiger partial charge in [-0.05, 0) is 12.8 Å². The molecule has 0 bridgehead atoms. The minimum Gasteiger partial charge on any atom is -0.462 e. The summed E-state index contributed by atoms with van der Waals surface area (Å²) in [6, 6.07) is 0. The Labute approximate surface area is 105 Å². The second kappa shape index (κ2) is 6.59. The molecule has 0 aliphatic heterocycles. The second-order valence-corrected chi connectivity index (χ2v) is 4.46. The standard InChI is InChI=1S/C11H17ClO5/c1-5-16-10(15)11(12,17-8(4)13)9(14)6-7(2)3/h7H,5-6H2,1-4H3. The molecule has 6 heteroatoms. The van der Waals surface area contributed by atoms with Crippen LogP contribution in [-0.2, 0) is 23.9 Å². The average molecular weight is 265 g/mol. The van der Waals surface area contributed by atoms with E-state index in [1.165, 1.54) is 0 Å². The predicted octanol–water partition coefficient (Wildman–Crippen LogP) is 1.66. The number of hydrogen-bond donors (Lipinski definition) is 0. The molecule has 0 aliphatic rings. The van der Waals surface area contributed by atoms with E-state index in [0.29, 0.717) is 0 Å². The van der Waals surface area contributed by atoms with Crippen LogP contribution >= 0.6 is 11.6 Å². The zero-order chi connectivity index (χ0) is 13.6. The van der Waals surface area contributed by atoms with E-state index < -0.39 is 22.8 Å². The number of esters is 2. The van der Waals surface area contributed by atoms with Gasteiger partial charge in [0.1, 0.15) is 0 Å². The van der Waals surface area contributed by atoms with Gasteiger partial charge in [0, 0.05) is 13.3 Å². The lowest BCUT2D eigenvalue weighted by Crippen LogP contribution is -2.46. The maximum Gasteiger partial charge on any atom is 0.375 e. The molecule has 98 valence electrons. The average Bonchev–Trinajstić information content (AvgIpc) is 2.15. The number of hydrogen-bond acceptors (Lipinski definition) is 5. The minimum absolute atomic E-state index is 0.00869. The third-order valence-electron chi connectivity index (χ3n) is 1.77. The van der Waals surface area contributed by atoms with Crippen LogP contribution in [0.5, 0.6) is 0 Å². The molecule has 0 aromatic rings. The second-order valence-electron chi connectivity index (χ2n) is 3.93. The van der Waals surface area contributed by atoms with Crippen LogP contribution in [0.25, 0.3) is 0 Å². The van der Waals surface area contributed by atoms with Gasteiger partial charge in [0.15, 0.2) is 0 Å². The maximum absolute atomic E-state index is 11.8. The lowest BCUT2D eigenvalue weighted by Gasteiger charge is -2.23. The molecule has 0 fully saturated rings. The highest BCUT2D eigenvalue weighted by molar-refractivity contribution is 6.44. The summed E-state index contributed by atoms with van der Waals surface area (Å²) in [5.41, 5.74) is 0. The van der Waals surface area contributed by atoms with Gasteiger partial charge in [-0.2, -0.15) is 0 Å². The van der Waals surface area contributed by atoms with E-state index in [-0.39, 0.29) is 18.9 Å². The molecule has 0 saturated carbocycles. The van der Waals surface area contributed by atoms with Crippen molar-refractivity contribution in [1.82, 2.24) is 0 Å². The lowest BCUT2D eigenvalue weighted by atomic mass is 10.0. The van der Waals surface area contributed by atoms with Crippen LogP contribution in [0.1, 0.15) is 34.1 Å². The zero-order valence-electron chi connectivity index (χ0n) is 10.4. The van der Waals surface area contributed by atoms with Crippen LogP contribution < -0.4 is 0 Å². The highest BCUT2D eigenvalue weighted by Crippen LogP contribution is 2.24. The van der Waals surface area contributed by atoms with Crippen LogP contribution in [0.3, 0.4) is 0 Å². The molecule has 0 saturated heterocycles. The van der Waals surface area contributed by atoms with Crippen molar-refractivity contribution in [3.05, 3.63) is 0 Å². The zero-order valence-corrected chi connectivity index (χ0v) is 11.2. The van der Waals surface area contributed by atoms with Gasteiger partial charge in [-0.15, -0.1) is 0 Å². The van der Waals surface area contributed by atoms with Crippen molar-refractivity contribution in [2.75, 3.05) is 6.61 Å². The van der Waals surface area contributed by atoms with E-state index in [1.807, 2.05) is 0 Å². The molecule has 0 aromatic carbocycles. The maximum atomic E-state index is 11.8. The Balaban J connectivity index is 5.01. The highest BCUT2D eigenvalue weighted by atomic mass is 35.5. The van der Waals surface area contributed by atoms with Crippen molar-refractivity contribution >= 4 is 29.3 Å². The Bertz CT molecular complexity index is 313. The number of halogens is 1. The topological polar surface area (TPSA) is 69.7 Å². The summed E-state index contributed by atoms with van der Waals surface area (Å²) in [6.07, 6.45) is 0.0234. The molecule has 0 radical (unpaired) electrons. The van der Waals surface area contributed by atoms with Crippen molar-refractivity contribution in [3.63, 3.8) is 0 Å². The van der Waals surface area contributed by atoms with Crippen LogP contribution in [-0.4, -0.2) is 29.4 Å². The Morgan fingerprint density at radius 2 is 1.82 bits per heavy atom.